The molecule has 0 aromatic heterocycles. The van der Waals surface area contributed by atoms with E-state index in [1.165, 1.54) is 6.42 Å². The van der Waals surface area contributed by atoms with E-state index in [0.29, 0.717) is 19.5 Å². The number of carboxylic acids is 1. The zero-order valence-corrected chi connectivity index (χ0v) is 14.6. The minimum atomic E-state index is -0.760. The van der Waals surface area contributed by atoms with Gasteiger partial charge in [-0.2, -0.15) is 0 Å². The molecular formula is C18H25ClN2O3. The third-order valence-corrected chi connectivity index (χ3v) is 4.95. The van der Waals surface area contributed by atoms with Gasteiger partial charge >= 0.3 is 5.97 Å². The molecule has 2 heterocycles. The highest BCUT2D eigenvalue weighted by molar-refractivity contribution is 5.85. The summed E-state index contributed by atoms with van der Waals surface area (Å²) in [5, 5.41) is 9.25. The van der Waals surface area contributed by atoms with E-state index >= 15 is 0 Å². The largest absolute Gasteiger partial charge is 0.481 e. The number of benzene rings is 1. The highest BCUT2D eigenvalue weighted by atomic mass is 35.5. The van der Waals surface area contributed by atoms with Gasteiger partial charge in [-0.25, -0.2) is 0 Å². The van der Waals surface area contributed by atoms with Crippen molar-refractivity contribution in [3.63, 3.8) is 0 Å². The Morgan fingerprint density at radius 1 is 1.04 bits per heavy atom. The van der Waals surface area contributed by atoms with Crippen LogP contribution in [-0.4, -0.2) is 53.0 Å². The number of hydrogen-bond donors (Lipinski definition) is 1. The first kappa shape index (κ1) is 18.7. The molecule has 6 heteroatoms. The lowest BCUT2D eigenvalue weighted by Gasteiger charge is -2.34. The van der Waals surface area contributed by atoms with Crippen LogP contribution in [0.1, 0.15) is 37.3 Å². The maximum Gasteiger partial charge on any atom is 0.307 e. The molecule has 1 amide bonds. The summed E-state index contributed by atoms with van der Waals surface area (Å²) in [5.74, 6) is -0.998. The molecule has 0 aliphatic carbocycles. The predicted octanol–water partition coefficient (Wildman–Crippen LogP) is 2.57. The molecule has 2 aliphatic heterocycles. The van der Waals surface area contributed by atoms with Crippen LogP contribution < -0.4 is 0 Å². The van der Waals surface area contributed by atoms with Crippen LogP contribution >= 0.6 is 12.4 Å². The fraction of sp³-hybridized carbons (Fsp3) is 0.556. The van der Waals surface area contributed by atoms with Crippen molar-refractivity contribution in [1.29, 1.82) is 0 Å². The molecule has 2 fully saturated rings. The van der Waals surface area contributed by atoms with Crippen LogP contribution in [0.2, 0.25) is 0 Å². The molecule has 3 rings (SSSR count). The number of carboxylic acid groups (broad SMARTS) is 1. The van der Waals surface area contributed by atoms with E-state index in [4.69, 9.17) is 0 Å². The van der Waals surface area contributed by atoms with E-state index in [2.05, 4.69) is 0 Å². The Hall–Kier alpha value is -1.59. The number of hydrogen-bond acceptors (Lipinski definition) is 3. The van der Waals surface area contributed by atoms with Crippen LogP contribution in [0.15, 0.2) is 30.3 Å². The summed E-state index contributed by atoms with van der Waals surface area (Å²) in [6.45, 7) is 2.75. The van der Waals surface area contributed by atoms with Crippen LogP contribution in [0.5, 0.6) is 0 Å². The van der Waals surface area contributed by atoms with Gasteiger partial charge in [0.25, 0.3) is 0 Å². The van der Waals surface area contributed by atoms with E-state index in [1.807, 2.05) is 40.1 Å². The van der Waals surface area contributed by atoms with Crippen molar-refractivity contribution in [2.75, 3.05) is 26.2 Å². The van der Waals surface area contributed by atoms with Gasteiger partial charge in [0.15, 0.2) is 0 Å². The Balaban J connectivity index is 0.00000208. The summed E-state index contributed by atoms with van der Waals surface area (Å²) in [4.78, 5) is 28.4. The summed E-state index contributed by atoms with van der Waals surface area (Å²) in [6.07, 6.45) is 3.92. The first-order chi connectivity index (χ1) is 11.2. The van der Waals surface area contributed by atoms with Crippen molar-refractivity contribution in [3.8, 4) is 0 Å². The quantitative estimate of drug-likeness (QED) is 0.904. The molecule has 0 bridgehead atoms. The topological polar surface area (TPSA) is 60.9 Å². The van der Waals surface area contributed by atoms with Crippen molar-refractivity contribution >= 4 is 24.3 Å². The van der Waals surface area contributed by atoms with Crippen LogP contribution in [0.25, 0.3) is 0 Å². The summed E-state index contributed by atoms with van der Waals surface area (Å²) in [5.41, 5.74) is 0.967. The number of amides is 1. The van der Waals surface area contributed by atoms with Gasteiger partial charge in [0.1, 0.15) is 6.04 Å². The van der Waals surface area contributed by atoms with Gasteiger partial charge < -0.3 is 10.0 Å². The minimum absolute atomic E-state index is 0. The number of likely N-dealkylation sites (tertiary alicyclic amines) is 2. The maximum atomic E-state index is 13.1. The van der Waals surface area contributed by atoms with E-state index in [9.17, 15) is 14.7 Å². The number of piperidine rings is 1. The Morgan fingerprint density at radius 2 is 1.71 bits per heavy atom. The highest BCUT2D eigenvalue weighted by Crippen LogP contribution is 2.30. The molecule has 2 saturated heterocycles. The molecule has 0 spiro atoms. The summed E-state index contributed by atoms with van der Waals surface area (Å²) >= 11 is 0. The lowest BCUT2D eigenvalue weighted by atomic mass is 10.0. The standard InChI is InChI=1S/C18H24N2O3.ClH/c21-17(19-10-5-2-6-11-19)16(14-7-3-1-4-8-14)20-12-9-15(13-20)18(22)23;/h1,3-4,7-8,15-16H,2,5-6,9-13H2,(H,22,23);1H. The fourth-order valence-electron chi connectivity index (χ4n) is 3.66. The average Bonchev–Trinajstić information content (AvgIpc) is 3.07. The third kappa shape index (κ3) is 4.08. The Morgan fingerprint density at radius 3 is 2.29 bits per heavy atom. The molecule has 2 atom stereocenters. The number of rotatable bonds is 4. The highest BCUT2D eigenvalue weighted by Gasteiger charge is 2.38. The Labute approximate surface area is 149 Å². The zero-order chi connectivity index (χ0) is 16.2. The van der Waals surface area contributed by atoms with Crippen LogP contribution in [0.3, 0.4) is 0 Å². The van der Waals surface area contributed by atoms with Crippen molar-refractivity contribution in [1.82, 2.24) is 9.80 Å². The van der Waals surface area contributed by atoms with Gasteiger partial charge in [0.05, 0.1) is 5.92 Å². The number of carbonyl (C=O) groups is 2. The number of aliphatic carboxylic acids is 1. The van der Waals surface area contributed by atoms with Gasteiger partial charge in [-0.15, -0.1) is 12.4 Å². The number of carbonyl (C=O) groups excluding carboxylic acids is 1. The molecule has 1 aromatic rings. The molecule has 2 aliphatic rings. The molecule has 24 heavy (non-hydrogen) atoms. The van der Waals surface area contributed by atoms with E-state index < -0.39 is 5.97 Å². The summed E-state index contributed by atoms with van der Waals surface area (Å²) in [6, 6.07) is 9.42. The monoisotopic (exact) mass is 352 g/mol. The van der Waals surface area contributed by atoms with Crippen LogP contribution in [0, 0.1) is 5.92 Å². The lowest BCUT2D eigenvalue weighted by Crippen LogP contribution is -2.44. The van der Waals surface area contributed by atoms with Crippen LogP contribution in [-0.2, 0) is 9.59 Å². The van der Waals surface area contributed by atoms with Crippen molar-refractivity contribution in [2.24, 2.45) is 5.92 Å². The molecule has 0 saturated carbocycles. The SMILES string of the molecule is Cl.O=C(O)C1CCN(C(C(=O)N2CCCCC2)c2ccccc2)C1. The molecule has 0 radical (unpaired) electrons. The zero-order valence-electron chi connectivity index (χ0n) is 13.8. The van der Waals surface area contributed by atoms with Gasteiger partial charge in [0.2, 0.25) is 5.91 Å². The molecular weight excluding hydrogens is 328 g/mol. The average molecular weight is 353 g/mol. The van der Waals surface area contributed by atoms with Crippen molar-refractivity contribution in [3.05, 3.63) is 35.9 Å². The van der Waals surface area contributed by atoms with Crippen molar-refractivity contribution in [2.45, 2.75) is 31.7 Å². The van der Waals surface area contributed by atoms with E-state index in [0.717, 1.165) is 31.5 Å². The molecule has 2 unspecified atom stereocenters. The number of halogens is 1. The van der Waals surface area contributed by atoms with Crippen molar-refractivity contribution < 1.29 is 14.7 Å². The first-order valence-electron chi connectivity index (χ1n) is 8.47. The number of nitrogens with zero attached hydrogens (tertiary/aromatic N) is 2. The van der Waals surface area contributed by atoms with Gasteiger partial charge in [-0.1, -0.05) is 30.3 Å². The molecule has 1 aromatic carbocycles. The fourth-order valence-corrected chi connectivity index (χ4v) is 3.66. The van der Waals surface area contributed by atoms with Gasteiger partial charge in [-0.3, -0.25) is 14.5 Å². The van der Waals surface area contributed by atoms with E-state index in [1.54, 1.807) is 0 Å². The second kappa shape index (κ2) is 8.49. The molecule has 5 nitrogen and oxygen atoms in total. The smallest absolute Gasteiger partial charge is 0.307 e. The van der Waals surface area contributed by atoms with Gasteiger partial charge in [0, 0.05) is 26.2 Å². The lowest BCUT2D eigenvalue weighted by molar-refractivity contribution is -0.142. The Bertz CT molecular complexity index is 561. The predicted molar refractivity (Wildman–Crippen MR) is 94.2 cm³/mol. The first-order valence-corrected chi connectivity index (χ1v) is 8.47. The minimum Gasteiger partial charge on any atom is -0.481 e. The molecule has 132 valence electrons. The van der Waals surface area contributed by atoms with E-state index in [-0.39, 0.29) is 30.3 Å². The second-order valence-corrected chi connectivity index (χ2v) is 6.52. The molecule has 1 N–H and O–H groups in total. The maximum absolute atomic E-state index is 13.1. The van der Waals surface area contributed by atoms with Gasteiger partial charge in [-0.05, 0) is 31.2 Å². The summed E-state index contributed by atoms with van der Waals surface area (Å²) < 4.78 is 0. The summed E-state index contributed by atoms with van der Waals surface area (Å²) in [7, 11) is 0. The Kier molecular flexibility index (Phi) is 6.63. The van der Waals surface area contributed by atoms with Crippen LogP contribution in [0.4, 0.5) is 0 Å². The third-order valence-electron chi connectivity index (χ3n) is 4.95. The second-order valence-electron chi connectivity index (χ2n) is 6.52. The normalized spacial score (nSPS) is 22.7.